The monoisotopic (exact) mass is 219 g/mol. The van der Waals surface area contributed by atoms with Crippen LogP contribution < -0.4 is 5.32 Å². The number of hydrogen-bond acceptors (Lipinski definition) is 4. The van der Waals surface area contributed by atoms with Crippen LogP contribution in [-0.2, 0) is 14.2 Å². The summed E-state index contributed by atoms with van der Waals surface area (Å²) < 4.78 is 16.0. The third kappa shape index (κ3) is 7.73. The first-order valence-electron chi connectivity index (χ1n) is 5.73. The van der Waals surface area contributed by atoms with Gasteiger partial charge in [-0.15, -0.1) is 0 Å². The van der Waals surface area contributed by atoms with E-state index in [1.54, 1.807) is 7.11 Å². The van der Waals surface area contributed by atoms with E-state index in [9.17, 15) is 0 Å². The molecule has 0 saturated carbocycles. The first kappa shape index (κ1) is 14.8. The molecular formula is C11H25NO3. The third-order valence-electron chi connectivity index (χ3n) is 2.14. The molecule has 92 valence electrons. The van der Waals surface area contributed by atoms with Gasteiger partial charge in [0.15, 0.2) is 6.29 Å². The van der Waals surface area contributed by atoms with Crippen LogP contribution in [0, 0.1) is 0 Å². The predicted octanol–water partition coefficient (Wildman–Crippen LogP) is 1.40. The molecular weight excluding hydrogens is 194 g/mol. The molecule has 0 heterocycles. The molecule has 0 fully saturated rings. The Bertz CT molecular complexity index is 127. The average Bonchev–Trinajstić information content (AvgIpc) is 2.24. The highest BCUT2D eigenvalue weighted by molar-refractivity contribution is 4.64. The molecule has 1 atom stereocenters. The molecule has 0 radical (unpaired) electrons. The van der Waals surface area contributed by atoms with Gasteiger partial charge in [-0.05, 0) is 20.3 Å². The van der Waals surface area contributed by atoms with Crippen molar-refractivity contribution in [1.29, 1.82) is 0 Å². The minimum atomic E-state index is -0.147. The molecule has 1 N–H and O–H groups in total. The van der Waals surface area contributed by atoms with Crippen LogP contribution in [0.3, 0.4) is 0 Å². The maximum Gasteiger partial charge on any atom is 0.169 e. The molecule has 0 aromatic rings. The highest BCUT2D eigenvalue weighted by atomic mass is 16.7. The van der Waals surface area contributed by atoms with Crippen LogP contribution in [0.4, 0.5) is 0 Å². The van der Waals surface area contributed by atoms with Gasteiger partial charge in [-0.25, -0.2) is 0 Å². The van der Waals surface area contributed by atoms with Gasteiger partial charge < -0.3 is 19.5 Å². The number of nitrogens with one attached hydrogen (secondary N) is 1. The highest BCUT2D eigenvalue weighted by Gasteiger charge is 2.11. The molecule has 4 nitrogen and oxygen atoms in total. The second-order valence-electron chi connectivity index (χ2n) is 3.31. The molecule has 1 unspecified atom stereocenters. The molecule has 0 aliphatic heterocycles. The SMILES string of the molecule is CCOC(CNC(CC)COC)OCC. The molecule has 0 aromatic carbocycles. The third-order valence-corrected chi connectivity index (χ3v) is 2.14. The number of hydrogen-bond donors (Lipinski definition) is 1. The van der Waals surface area contributed by atoms with Gasteiger partial charge in [0, 0.05) is 32.9 Å². The summed E-state index contributed by atoms with van der Waals surface area (Å²) in [4.78, 5) is 0. The Balaban J connectivity index is 3.73. The molecule has 0 bridgehead atoms. The largest absolute Gasteiger partial charge is 0.383 e. The van der Waals surface area contributed by atoms with Gasteiger partial charge in [0.05, 0.1) is 6.61 Å². The standard InChI is InChI=1S/C11H25NO3/c1-5-10(9-13-4)12-8-11(14-6-2)15-7-3/h10-12H,5-9H2,1-4H3. The zero-order chi connectivity index (χ0) is 11.5. The van der Waals surface area contributed by atoms with Crippen molar-refractivity contribution in [2.45, 2.75) is 39.5 Å². The van der Waals surface area contributed by atoms with E-state index in [2.05, 4.69) is 12.2 Å². The van der Waals surface area contributed by atoms with Crippen LogP contribution in [0.5, 0.6) is 0 Å². The summed E-state index contributed by atoms with van der Waals surface area (Å²) in [7, 11) is 1.72. The lowest BCUT2D eigenvalue weighted by molar-refractivity contribution is -0.134. The zero-order valence-electron chi connectivity index (χ0n) is 10.4. The summed E-state index contributed by atoms with van der Waals surface area (Å²) in [6, 6.07) is 0.374. The summed E-state index contributed by atoms with van der Waals surface area (Å²) in [6.45, 7) is 8.86. The van der Waals surface area contributed by atoms with E-state index in [-0.39, 0.29) is 6.29 Å². The van der Waals surface area contributed by atoms with Crippen LogP contribution in [-0.4, -0.2) is 45.8 Å². The Kier molecular flexibility index (Phi) is 10.3. The lowest BCUT2D eigenvalue weighted by atomic mass is 10.2. The van der Waals surface area contributed by atoms with Gasteiger partial charge in [-0.2, -0.15) is 0 Å². The fourth-order valence-electron chi connectivity index (χ4n) is 1.32. The Morgan fingerprint density at radius 2 is 1.67 bits per heavy atom. The van der Waals surface area contributed by atoms with Gasteiger partial charge in [0.25, 0.3) is 0 Å². The minimum Gasteiger partial charge on any atom is -0.383 e. The molecule has 0 spiro atoms. The predicted molar refractivity (Wildman–Crippen MR) is 61.0 cm³/mol. The second kappa shape index (κ2) is 10.4. The van der Waals surface area contributed by atoms with Crippen LogP contribution in [0.1, 0.15) is 27.2 Å². The molecule has 0 aliphatic rings. The van der Waals surface area contributed by atoms with E-state index in [1.165, 1.54) is 0 Å². The van der Waals surface area contributed by atoms with Crippen LogP contribution in [0.15, 0.2) is 0 Å². The average molecular weight is 219 g/mol. The van der Waals surface area contributed by atoms with Crippen molar-refractivity contribution in [2.75, 3.05) is 33.5 Å². The first-order valence-corrected chi connectivity index (χ1v) is 5.73. The Labute approximate surface area is 93.3 Å². The van der Waals surface area contributed by atoms with Crippen molar-refractivity contribution in [1.82, 2.24) is 5.32 Å². The molecule has 0 amide bonds. The van der Waals surface area contributed by atoms with Gasteiger partial charge in [0.2, 0.25) is 0 Å². The van der Waals surface area contributed by atoms with Crippen molar-refractivity contribution in [3.8, 4) is 0 Å². The van der Waals surface area contributed by atoms with Gasteiger partial charge in [-0.1, -0.05) is 6.92 Å². The van der Waals surface area contributed by atoms with Crippen LogP contribution >= 0.6 is 0 Å². The van der Waals surface area contributed by atoms with Crippen molar-refractivity contribution < 1.29 is 14.2 Å². The van der Waals surface area contributed by atoms with Gasteiger partial charge in [0.1, 0.15) is 0 Å². The minimum absolute atomic E-state index is 0.147. The Morgan fingerprint density at radius 1 is 1.07 bits per heavy atom. The number of rotatable bonds is 10. The summed E-state index contributed by atoms with van der Waals surface area (Å²) in [5.74, 6) is 0. The molecule has 0 saturated heterocycles. The summed E-state index contributed by atoms with van der Waals surface area (Å²) in [5, 5.41) is 3.37. The first-order chi connectivity index (χ1) is 7.28. The maximum absolute atomic E-state index is 5.43. The van der Waals surface area contributed by atoms with E-state index in [1.807, 2.05) is 13.8 Å². The fraction of sp³-hybridized carbons (Fsp3) is 1.00. The van der Waals surface area contributed by atoms with Crippen molar-refractivity contribution >= 4 is 0 Å². The summed E-state index contributed by atoms with van der Waals surface area (Å²) in [5.41, 5.74) is 0. The maximum atomic E-state index is 5.43. The van der Waals surface area contributed by atoms with Gasteiger partial charge in [-0.3, -0.25) is 0 Å². The van der Waals surface area contributed by atoms with E-state index in [0.717, 1.165) is 13.0 Å². The smallest absolute Gasteiger partial charge is 0.169 e. The highest BCUT2D eigenvalue weighted by Crippen LogP contribution is 1.97. The van der Waals surface area contributed by atoms with E-state index in [0.29, 0.717) is 25.8 Å². The topological polar surface area (TPSA) is 39.7 Å². The normalized spacial score (nSPS) is 13.4. The summed E-state index contributed by atoms with van der Waals surface area (Å²) in [6.07, 6.45) is 0.893. The summed E-state index contributed by atoms with van der Waals surface area (Å²) >= 11 is 0. The molecule has 15 heavy (non-hydrogen) atoms. The van der Waals surface area contributed by atoms with E-state index >= 15 is 0 Å². The molecule has 0 aromatic heterocycles. The molecule has 4 heteroatoms. The lowest BCUT2D eigenvalue weighted by Crippen LogP contribution is -2.40. The fourth-order valence-corrected chi connectivity index (χ4v) is 1.32. The van der Waals surface area contributed by atoms with Crippen molar-refractivity contribution in [2.24, 2.45) is 0 Å². The van der Waals surface area contributed by atoms with Crippen LogP contribution in [0.2, 0.25) is 0 Å². The van der Waals surface area contributed by atoms with E-state index < -0.39 is 0 Å². The molecule has 0 aliphatic carbocycles. The molecule has 0 rings (SSSR count). The van der Waals surface area contributed by atoms with Crippen molar-refractivity contribution in [3.63, 3.8) is 0 Å². The number of ether oxygens (including phenoxy) is 3. The Hall–Kier alpha value is -0.160. The van der Waals surface area contributed by atoms with E-state index in [4.69, 9.17) is 14.2 Å². The Morgan fingerprint density at radius 3 is 2.07 bits per heavy atom. The van der Waals surface area contributed by atoms with Crippen LogP contribution in [0.25, 0.3) is 0 Å². The van der Waals surface area contributed by atoms with Gasteiger partial charge >= 0.3 is 0 Å². The van der Waals surface area contributed by atoms with Crippen molar-refractivity contribution in [3.05, 3.63) is 0 Å². The quantitative estimate of drug-likeness (QED) is 0.564. The lowest BCUT2D eigenvalue weighted by Gasteiger charge is -2.21. The number of methoxy groups -OCH3 is 1. The zero-order valence-corrected chi connectivity index (χ0v) is 10.4. The second-order valence-corrected chi connectivity index (χ2v) is 3.31.